The fourth-order valence-electron chi connectivity index (χ4n) is 3.97. The van der Waals surface area contributed by atoms with Crippen molar-refractivity contribution in [3.63, 3.8) is 0 Å². The Labute approximate surface area is 211 Å². The van der Waals surface area contributed by atoms with Crippen LogP contribution in [0.3, 0.4) is 0 Å². The van der Waals surface area contributed by atoms with Crippen molar-refractivity contribution in [3.05, 3.63) is 76.6 Å². The molecule has 37 heavy (non-hydrogen) atoms. The van der Waals surface area contributed by atoms with Crippen molar-refractivity contribution in [2.24, 2.45) is 0 Å². The predicted molar refractivity (Wildman–Crippen MR) is 136 cm³/mol. The van der Waals surface area contributed by atoms with E-state index in [1.54, 1.807) is 25.4 Å². The minimum Gasteiger partial charge on any atom is -0.494 e. The second kappa shape index (κ2) is 10.0. The number of anilines is 3. The number of carbonyl (C=O) groups excluding carboxylic acids is 1. The van der Waals surface area contributed by atoms with E-state index in [9.17, 15) is 14.9 Å². The number of likely N-dealkylation sites (N-methyl/N-ethyl adjacent to an activating group) is 1. The van der Waals surface area contributed by atoms with Gasteiger partial charge in [0, 0.05) is 43.2 Å². The normalized spacial score (nSPS) is 13.0. The molecule has 3 heterocycles. The number of methoxy groups -OCH3 is 1. The molecular weight excluding hydrogens is 478 g/mol. The smallest absolute Gasteiger partial charge is 0.294 e. The highest BCUT2D eigenvalue weighted by Crippen LogP contribution is 2.40. The molecule has 188 valence electrons. The lowest BCUT2D eigenvalue weighted by Gasteiger charge is -2.36. The molecule has 2 aromatic carbocycles. The third-order valence-corrected chi connectivity index (χ3v) is 6.08. The third kappa shape index (κ3) is 4.69. The molecule has 12 heteroatoms. The van der Waals surface area contributed by atoms with Crippen molar-refractivity contribution in [2.45, 2.75) is 6.04 Å². The second-order valence-electron chi connectivity index (χ2n) is 8.33. The molecule has 0 radical (unpaired) electrons. The summed E-state index contributed by atoms with van der Waals surface area (Å²) in [6.07, 6.45) is 3.85. The maximum atomic E-state index is 11.9. The van der Waals surface area contributed by atoms with E-state index in [1.165, 1.54) is 24.1 Å². The fraction of sp³-hybridized carbons (Fsp3) is 0.200. The first-order valence-electron chi connectivity index (χ1n) is 11.4. The molecule has 1 saturated heterocycles. The first-order valence-corrected chi connectivity index (χ1v) is 11.4. The van der Waals surface area contributed by atoms with E-state index in [4.69, 9.17) is 9.47 Å². The number of aldehydes is 1. The summed E-state index contributed by atoms with van der Waals surface area (Å²) in [4.78, 5) is 33.7. The highest BCUT2D eigenvalue weighted by Gasteiger charge is 2.30. The zero-order valence-electron chi connectivity index (χ0n) is 20.1. The lowest BCUT2D eigenvalue weighted by atomic mass is 10.1. The summed E-state index contributed by atoms with van der Waals surface area (Å²) < 4.78 is 12.2. The molecule has 0 spiro atoms. The van der Waals surface area contributed by atoms with Gasteiger partial charge in [-0.05, 0) is 0 Å². The molecule has 0 saturated carbocycles. The summed E-state index contributed by atoms with van der Waals surface area (Å²) in [5.41, 5.74) is 2.38. The summed E-state index contributed by atoms with van der Waals surface area (Å²) in [6.45, 7) is 1.00. The van der Waals surface area contributed by atoms with Crippen molar-refractivity contribution >= 4 is 29.3 Å². The summed E-state index contributed by atoms with van der Waals surface area (Å²) in [5, 5.41) is 19.4. The van der Waals surface area contributed by atoms with Gasteiger partial charge in [-0.2, -0.15) is 10.1 Å². The molecule has 2 aromatic heterocycles. The number of hydrogen-bond donors (Lipinski definition) is 1. The van der Waals surface area contributed by atoms with Crippen LogP contribution in [0.25, 0.3) is 17.1 Å². The second-order valence-corrected chi connectivity index (χ2v) is 8.33. The molecule has 0 aliphatic carbocycles. The van der Waals surface area contributed by atoms with Crippen LogP contribution in [0.2, 0.25) is 0 Å². The summed E-state index contributed by atoms with van der Waals surface area (Å²) in [5.74, 6) is 0.955. The third-order valence-electron chi connectivity index (χ3n) is 6.08. The van der Waals surface area contributed by atoms with Crippen molar-refractivity contribution in [3.8, 4) is 22.8 Å². The van der Waals surface area contributed by atoms with E-state index in [-0.39, 0.29) is 17.7 Å². The van der Waals surface area contributed by atoms with Gasteiger partial charge in [0.05, 0.1) is 42.5 Å². The number of carbonyl (C=O) groups is 1. The fourth-order valence-corrected chi connectivity index (χ4v) is 3.97. The van der Waals surface area contributed by atoms with E-state index in [0.717, 1.165) is 11.8 Å². The highest BCUT2D eigenvalue weighted by molar-refractivity contribution is 5.85. The van der Waals surface area contributed by atoms with Crippen molar-refractivity contribution < 1.29 is 19.2 Å². The monoisotopic (exact) mass is 501 g/mol. The first-order chi connectivity index (χ1) is 18.0. The maximum absolute atomic E-state index is 11.9. The minimum atomic E-state index is -0.441. The molecule has 5 rings (SSSR count). The predicted octanol–water partition coefficient (Wildman–Crippen LogP) is 3.64. The van der Waals surface area contributed by atoms with Gasteiger partial charge in [0.25, 0.3) is 5.69 Å². The first kappa shape index (κ1) is 23.9. The van der Waals surface area contributed by atoms with Gasteiger partial charge in [-0.1, -0.05) is 30.3 Å². The molecule has 0 bridgehead atoms. The van der Waals surface area contributed by atoms with Crippen LogP contribution in [0.4, 0.5) is 23.0 Å². The number of nitrogens with one attached hydrogen (secondary N) is 1. The van der Waals surface area contributed by atoms with E-state index in [0.29, 0.717) is 47.4 Å². The number of nitro benzene ring substituents is 1. The van der Waals surface area contributed by atoms with Gasteiger partial charge in [0.2, 0.25) is 5.95 Å². The largest absolute Gasteiger partial charge is 0.494 e. The Kier molecular flexibility index (Phi) is 6.47. The molecule has 1 N–H and O–H groups in total. The number of aromatic nitrogens is 4. The van der Waals surface area contributed by atoms with Gasteiger partial charge in [-0.25, -0.2) is 9.67 Å². The highest BCUT2D eigenvalue weighted by atomic mass is 16.6. The van der Waals surface area contributed by atoms with Gasteiger partial charge in [0.15, 0.2) is 12.1 Å². The molecule has 12 nitrogen and oxygen atoms in total. The molecule has 1 aliphatic heterocycles. The van der Waals surface area contributed by atoms with Gasteiger partial charge in [-0.3, -0.25) is 14.9 Å². The van der Waals surface area contributed by atoms with E-state index in [2.05, 4.69) is 20.4 Å². The summed E-state index contributed by atoms with van der Waals surface area (Å²) in [6, 6.07) is 14.0. The Morgan fingerprint density at radius 2 is 2.03 bits per heavy atom. The van der Waals surface area contributed by atoms with Crippen LogP contribution >= 0.6 is 0 Å². The van der Waals surface area contributed by atoms with E-state index in [1.807, 2.05) is 35.2 Å². The quantitative estimate of drug-likeness (QED) is 0.205. The number of ether oxygens (including phenoxy) is 2. The molecule has 0 atom stereocenters. The van der Waals surface area contributed by atoms with Crippen LogP contribution in [0.5, 0.6) is 5.75 Å². The standard InChI is InChI=1S/C25H23N7O5/c1-30(18-14-37-15-18)20-11-22(36-2)19(10-21(20)32(34)35)27-25-26-9-8-23(28-25)31-12-17(13-33)24(29-31)16-6-4-3-5-7-16/h3-13,18H,14-15H2,1-2H3,(H,26,27,28). The van der Waals surface area contributed by atoms with Crippen LogP contribution in [-0.2, 0) is 4.74 Å². The van der Waals surface area contributed by atoms with Crippen LogP contribution in [0.15, 0.2) is 60.9 Å². The number of nitro groups is 1. The number of nitrogens with zero attached hydrogens (tertiary/aromatic N) is 6. The number of benzene rings is 2. The van der Waals surface area contributed by atoms with Crippen LogP contribution < -0.4 is 15.0 Å². The van der Waals surface area contributed by atoms with E-state index < -0.39 is 4.92 Å². The Morgan fingerprint density at radius 1 is 1.24 bits per heavy atom. The Hall–Kier alpha value is -4.84. The zero-order valence-corrected chi connectivity index (χ0v) is 20.1. The van der Waals surface area contributed by atoms with Crippen LogP contribution in [-0.4, -0.2) is 64.4 Å². The molecule has 4 aromatic rings. The lowest BCUT2D eigenvalue weighted by Crippen LogP contribution is -2.47. The Morgan fingerprint density at radius 3 is 2.68 bits per heavy atom. The van der Waals surface area contributed by atoms with Crippen molar-refractivity contribution in [1.82, 2.24) is 19.7 Å². The summed E-state index contributed by atoms with van der Waals surface area (Å²) in [7, 11) is 3.27. The molecular formula is C25H23N7O5. The molecule has 0 amide bonds. The van der Waals surface area contributed by atoms with Gasteiger partial charge < -0.3 is 19.7 Å². The van der Waals surface area contributed by atoms with E-state index >= 15 is 0 Å². The zero-order chi connectivity index (χ0) is 25.9. The van der Waals surface area contributed by atoms with Crippen molar-refractivity contribution in [1.29, 1.82) is 0 Å². The maximum Gasteiger partial charge on any atom is 0.294 e. The van der Waals surface area contributed by atoms with Gasteiger partial charge >= 0.3 is 0 Å². The topological polar surface area (TPSA) is 138 Å². The SMILES string of the molecule is COc1cc(N(C)C2COC2)c([N+](=O)[O-])cc1Nc1nccc(-n2cc(C=O)c(-c3ccccc3)n2)n1. The molecule has 0 unspecified atom stereocenters. The Balaban J connectivity index is 1.48. The Bertz CT molecular complexity index is 1450. The average Bonchev–Trinajstić information content (AvgIpc) is 3.33. The number of rotatable bonds is 9. The number of hydrogen-bond acceptors (Lipinski definition) is 10. The average molecular weight is 502 g/mol. The van der Waals surface area contributed by atoms with Gasteiger partial charge in [-0.15, -0.1) is 0 Å². The lowest BCUT2D eigenvalue weighted by molar-refractivity contribution is -0.384. The molecule has 1 fully saturated rings. The van der Waals surface area contributed by atoms with Crippen LogP contribution in [0.1, 0.15) is 10.4 Å². The van der Waals surface area contributed by atoms with Crippen molar-refractivity contribution in [2.75, 3.05) is 37.6 Å². The van der Waals surface area contributed by atoms with Crippen LogP contribution in [0, 0.1) is 10.1 Å². The molecule has 1 aliphatic rings. The summed E-state index contributed by atoms with van der Waals surface area (Å²) >= 11 is 0. The van der Waals surface area contributed by atoms with Gasteiger partial charge in [0.1, 0.15) is 17.1 Å². The minimum absolute atomic E-state index is 0.0494.